The first-order valence-electron chi connectivity index (χ1n) is 7.01. The van der Waals surface area contributed by atoms with Gasteiger partial charge in [0.15, 0.2) is 15.8 Å². The molecule has 6 nitrogen and oxygen atoms in total. The molecule has 8 heteroatoms. The second-order valence-corrected chi connectivity index (χ2v) is 7.96. The lowest BCUT2D eigenvalue weighted by atomic mass is 10.4. The Kier molecular flexibility index (Phi) is 8.32. The van der Waals surface area contributed by atoms with Gasteiger partial charge >= 0.3 is 0 Å². The molecule has 0 aromatic rings. The van der Waals surface area contributed by atoms with Crippen LogP contribution in [0.1, 0.15) is 6.92 Å². The second-order valence-electron chi connectivity index (χ2n) is 4.67. The molecule has 1 rings (SSSR count). The van der Waals surface area contributed by atoms with E-state index in [0.717, 1.165) is 31.3 Å². The van der Waals surface area contributed by atoms with Crippen LogP contribution in [0.25, 0.3) is 0 Å². The molecule has 0 bridgehead atoms. The van der Waals surface area contributed by atoms with E-state index in [1.807, 2.05) is 6.92 Å². The predicted octanol–water partition coefficient (Wildman–Crippen LogP) is -0.365. The molecular weight excluding hydrogens is 296 g/mol. The monoisotopic (exact) mass is 322 g/mol. The number of hydrogen-bond acceptors (Lipinski definition) is 5. The van der Waals surface area contributed by atoms with Gasteiger partial charge in [-0.15, -0.1) is 0 Å². The Morgan fingerprint density at radius 2 is 2.00 bits per heavy atom. The van der Waals surface area contributed by atoms with Crippen molar-refractivity contribution in [2.75, 3.05) is 62.8 Å². The largest absolute Gasteiger partial charge is 0.357 e. The number of sulfone groups is 1. The van der Waals surface area contributed by atoms with Crippen LogP contribution in [0.15, 0.2) is 4.99 Å². The summed E-state index contributed by atoms with van der Waals surface area (Å²) >= 11 is 1.80. The van der Waals surface area contributed by atoms with Crippen molar-refractivity contribution in [1.29, 1.82) is 0 Å². The average molecular weight is 323 g/mol. The Bertz CT molecular complexity index is 384. The third kappa shape index (κ3) is 7.35. The van der Waals surface area contributed by atoms with E-state index in [2.05, 4.69) is 26.8 Å². The van der Waals surface area contributed by atoms with E-state index in [-0.39, 0.29) is 11.5 Å². The Balaban J connectivity index is 2.29. The van der Waals surface area contributed by atoms with Crippen LogP contribution >= 0.6 is 11.8 Å². The van der Waals surface area contributed by atoms with Gasteiger partial charge in [-0.1, -0.05) is 0 Å². The molecule has 1 heterocycles. The molecule has 0 spiro atoms. The third-order valence-corrected chi connectivity index (χ3v) is 5.29. The average Bonchev–Trinajstić information content (AvgIpc) is 2.41. The lowest BCUT2D eigenvalue weighted by molar-refractivity contribution is 0.304. The molecule has 20 heavy (non-hydrogen) atoms. The number of thioether (sulfide) groups is 1. The number of aliphatic imine (C=N–C) groups is 1. The van der Waals surface area contributed by atoms with Crippen LogP contribution in [0.4, 0.5) is 0 Å². The summed E-state index contributed by atoms with van der Waals surface area (Å²) in [6, 6.07) is 0. The maximum absolute atomic E-state index is 11.3. The second kappa shape index (κ2) is 9.46. The van der Waals surface area contributed by atoms with Gasteiger partial charge in [-0.05, 0) is 13.2 Å². The minimum absolute atomic E-state index is 0.281. The zero-order valence-electron chi connectivity index (χ0n) is 12.4. The van der Waals surface area contributed by atoms with E-state index < -0.39 is 9.84 Å². The van der Waals surface area contributed by atoms with Gasteiger partial charge in [0.2, 0.25) is 0 Å². The molecule has 1 aliphatic heterocycles. The highest BCUT2D eigenvalue weighted by Crippen LogP contribution is 2.02. The summed E-state index contributed by atoms with van der Waals surface area (Å²) in [4.78, 5) is 6.67. The number of nitrogens with zero attached hydrogens (tertiary/aromatic N) is 2. The highest BCUT2D eigenvalue weighted by Gasteiger charge is 2.20. The van der Waals surface area contributed by atoms with Crippen LogP contribution in [-0.4, -0.2) is 82.1 Å². The van der Waals surface area contributed by atoms with Crippen molar-refractivity contribution >= 4 is 27.6 Å². The zero-order valence-corrected chi connectivity index (χ0v) is 14.0. The molecule has 0 atom stereocenters. The van der Waals surface area contributed by atoms with Crippen molar-refractivity contribution in [3.63, 3.8) is 0 Å². The molecule has 0 radical (unpaired) electrons. The fourth-order valence-electron chi connectivity index (χ4n) is 1.89. The van der Waals surface area contributed by atoms with Crippen LogP contribution in [0, 0.1) is 0 Å². The first-order valence-corrected chi connectivity index (χ1v) is 10.2. The summed E-state index contributed by atoms with van der Waals surface area (Å²) in [6.45, 7) is 6.55. The fraction of sp³-hybridized carbons (Fsp3) is 0.917. The van der Waals surface area contributed by atoms with Gasteiger partial charge in [-0.2, -0.15) is 11.8 Å². The molecule has 1 saturated heterocycles. The summed E-state index contributed by atoms with van der Waals surface area (Å²) in [7, 11) is -2.79. The predicted molar refractivity (Wildman–Crippen MR) is 87.5 cm³/mol. The summed E-state index contributed by atoms with van der Waals surface area (Å²) in [5.41, 5.74) is 0. The van der Waals surface area contributed by atoms with Crippen LogP contribution in [-0.2, 0) is 9.84 Å². The quantitative estimate of drug-likeness (QED) is 0.379. The molecule has 0 saturated carbocycles. The first kappa shape index (κ1) is 17.6. The first-order chi connectivity index (χ1) is 9.57. The molecule has 1 aliphatic rings. The summed E-state index contributed by atoms with van der Waals surface area (Å²) in [6.07, 6.45) is 2.08. The van der Waals surface area contributed by atoms with Crippen molar-refractivity contribution in [3.05, 3.63) is 0 Å². The van der Waals surface area contributed by atoms with Crippen molar-refractivity contribution < 1.29 is 8.42 Å². The molecule has 1 fully saturated rings. The lowest BCUT2D eigenvalue weighted by Crippen LogP contribution is -2.42. The Morgan fingerprint density at radius 3 is 2.60 bits per heavy atom. The number of nitrogens with one attached hydrogen (secondary N) is 2. The van der Waals surface area contributed by atoms with Crippen molar-refractivity contribution in [3.8, 4) is 0 Å². The smallest absolute Gasteiger partial charge is 0.191 e. The minimum Gasteiger partial charge on any atom is -0.357 e. The van der Waals surface area contributed by atoms with E-state index in [0.29, 0.717) is 19.6 Å². The van der Waals surface area contributed by atoms with Crippen LogP contribution in [0.2, 0.25) is 0 Å². The number of guanidine groups is 1. The van der Waals surface area contributed by atoms with E-state index in [1.54, 1.807) is 11.8 Å². The molecule has 2 N–H and O–H groups in total. The zero-order chi connectivity index (χ0) is 14.8. The number of hydrogen-bond donors (Lipinski definition) is 2. The fourth-order valence-corrected chi connectivity index (χ4v) is 3.47. The van der Waals surface area contributed by atoms with Gasteiger partial charge in [0.05, 0.1) is 18.1 Å². The van der Waals surface area contributed by atoms with Crippen LogP contribution in [0.5, 0.6) is 0 Å². The van der Waals surface area contributed by atoms with E-state index in [4.69, 9.17) is 0 Å². The Labute approximate surface area is 126 Å². The van der Waals surface area contributed by atoms with E-state index >= 15 is 0 Å². The van der Waals surface area contributed by atoms with Crippen molar-refractivity contribution in [2.24, 2.45) is 4.99 Å². The van der Waals surface area contributed by atoms with Gasteiger partial charge < -0.3 is 10.6 Å². The molecule has 0 aromatic carbocycles. The molecular formula is C12H26N4O2S2. The third-order valence-electron chi connectivity index (χ3n) is 3.07. The summed E-state index contributed by atoms with van der Waals surface area (Å²) in [5.74, 6) is 2.45. The topological polar surface area (TPSA) is 73.8 Å². The SMILES string of the molecule is CCNC(=NCCN1CCS(=O)(=O)CC1)NCCSC. The van der Waals surface area contributed by atoms with Crippen LogP contribution < -0.4 is 10.6 Å². The van der Waals surface area contributed by atoms with E-state index in [9.17, 15) is 8.42 Å². The van der Waals surface area contributed by atoms with Gasteiger partial charge in [0.25, 0.3) is 0 Å². The molecule has 0 aliphatic carbocycles. The highest BCUT2D eigenvalue weighted by molar-refractivity contribution is 7.98. The molecule has 0 unspecified atom stereocenters. The van der Waals surface area contributed by atoms with Crippen molar-refractivity contribution in [1.82, 2.24) is 15.5 Å². The lowest BCUT2D eigenvalue weighted by Gasteiger charge is -2.25. The van der Waals surface area contributed by atoms with Gasteiger partial charge in [0.1, 0.15) is 0 Å². The van der Waals surface area contributed by atoms with Gasteiger partial charge in [-0.25, -0.2) is 8.42 Å². The summed E-state index contributed by atoms with van der Waals surface area (Å²) < 4.78 is 22.7. The molecule has 0 amide bonds. The standard InChI is InChI=1S/C12H26N4O2S2/c1-3-13-12(15-5-9-19-2)14-4-6-16-7-10-20(17,18)11-8-16/h3-11H2,1-2H3,(H2,13,14,15). The normalized spacial score (nSPS) is 19.8. The maximum Gasteiger partial charge on any atom is 0.191 e. The summed E-state index contributed by atoms with van der Waals surface area (Å²) in [5, 5.41) is 6.48. The molecule has 0 aromatic heterocycles. The molecule has 118 valence electrons. The number of rotatable bonds is 7. The highest BCUT2D eigenvalue weighted by atomic mass is 32.2. The Morgan fingerprint density at radius 1 is 1.30 bits per heavy atom. The van der Waals surface area contributed by atoms with E-state index in [1.165, 1.54) is 0 Å². The van der Waals surface area contributed by atoms with Crippen molar-refractivity contribution in [2.45, 2.75) is 6.92 Å². The van der Waals surface area contributed by atoms with Crippen LogP contribution in [0.3, 0.4) is 0 Å². The van der Waals surface area contributed by atoms with Gasteiger partial charge in [0, 0.05) is 38.5 Å². The minimum atomic E-state index is -2.79. The Hall–Kier alpha value is -0.470. The van der Waals surface area contributed by atoms with Gasteiger partial charge in [-0.3, -0.25) is 9.89 Å². The maximum atomic E-state index is 11.3.